The molecule has 3 heterocycles. The smallest absolute Gasteiger partial charge is 0.228 e. The average Bonchev–Trinajstić information content (AvgIpc) is 3.25. The molecule has 2 amide bonds. The van der Waals surface area contributed by atoms with Crippen LogP contribution in [0.4, 0.5) is 0 Å². The van der Waals surface area contributed by atoms with Crippen molar-refractivity contribution in [2.75, 3.05) is 20.1 Å². The lowest BCUT2D eigenvalue weighted by atomic mass is 9.87. The molecule has 1 aliphatic carbocycles. The van der Waals surface area contributed by atoms with Gasteiger partial charge in [-0.2, -0.15) is 0 Å². The third-order valence-corrected chi connectivity index (χ3v) is 6.99. The highest BCUT2D eigenvalue weighted by molar-refractivity contribution is 7.10. The summed E-state index contributed by atoms with van der Waals surface area (Å²) in [6.07, 6.45) is 5.08. The number of carbonyl (C=O) groups excluding carboxylic acids is 2. The molecule has 0 radical (unpaired) electrons. The Balaban J connectivity index is 1.56. The van der Waals surface area contributed by atoms with Crippen LogP contribution < -0.4 is 0 Å². The highest BCUT2D eigenvalue weighted by Gasteiger charge is 2.45. The maximum Gasteiger partial charge on any atom is 0.228 e. The third kappa shape index (κ3) is 2.59. The van der Waals surface area contributed by atoms with E-state index in [1.807, 2.05) is 18.5 Å². The van der Waals surface area contributed by atoms with Crippen LogP contribution in [0.2, 0.25) is 0 Å². The van der Waals surface area contributed by atoms with Crippen molar-refractivity contribution in [3.63, 3.8) is 0 Å². The number of piperidine rings is 1. The standard InChI is InChI=1S/C18H24N2O2S/c1-19-16(21)8-7-14(17(19)15-6-3-9-23-15)18(22)20-10-12-4-2-5-13(12)11-20/h3,6,9,12-14,17H,2,4-5,7-8,10-11H2,1H3/t12-,13+,14-,17-/m0/s1. The number of hydrogen-bond donors (Lipinski definition) is 0. The monoisotopic (exact) mass is 332 g/mol. The minimum Gasteiger partial charge on any atom is -0.342 e. The maximum absolute atomic E-state index is 13.2. The summed E-state index contributed by atoms with van der Waals surface area (Å²) in [5, 5.41) is 2.03. The van der Waals surface area contributed by atoms with E-state index in [2.05, 4.69) is 11.0 Å². The fraction of sp³-hybridized carbons (Fsp3) is 0.667. The van der Waals surface area contributed by atoms with Gasteiger partial charge in [0.2, 0.25) is 11.8 Å². The molecule has 2 saturated heterocycles. The van der Waals surface area contributed by atoms with Gasteiger partial charge in [0.15, 0.2) is 0 Å². The number of carbonyl (C=O) groups is 2. The second-order valence-corrected chi connectivity index (χ2v) is 8.28. The Bertz CT molecular complexity index is 588. The van der Waals surface area contributed by atoms with Crippen molar-refractivity contribution < 1.29 is 9.59 Å². The van der Waals surface area contributed by atoms with Crippen LogP contribution in [0.15, 0.2) is 17.5 Å². The summed E-state index contributed by atoms with van der Waals surface area (Å²) < 4.78 is 0. The molecule has 0 bridgehead atoms. The highest BCUT2D eigenvalue weighted by atomic mass is 32.1. The van der Waals surface area contributed by atoms with E-state index in [0.29, 0.717) is 12.8 Å². The van der Waals surface area contributed by atoms with Gasteiger partial charge in [0.1, 0.15) is 0 Å². The van der Waals surface area contributed by atoms with Gasteiger partial charge in [-0.05, 0) is 42.5 Å². The number of likely N-dealkylation sites (tertiary alicyclic amines) is 2. The molecule has 4 atom stereocenters. The predicted octanol–water partition coefficient (Wildman–Crippen LogP) is 2.92. The number of nitrogens with zero attached hydrogens (tertiary/aromatic N) is 2. The van der Waals surface area contributed by atoms with Crippen molar-refractivity contribution in [1.29, 1.82) is 0 Å². The first-order chi connectivity index (χ1) is 11.1. The fourth-order valence-electron chi connectivity index (χ4n) is 4.79. The van der Waals surface area contributed by atoms with Crippen LogP contribution in [-0.2, 0) is 9.59 Å². The van der Waals surface area contributed by atoms with Gasteiger partial charge in [0.25, 0.3) is 0 Å². The molecule has 0 aromatic carbocycles. The normalized spacial score (nSPS) is 34.0. The number of thiophene rings is 1. The van der Waals surface area contributed by atoms with Crippen LogP contribution in [-0.4, -0.2) is 41.8 Å². The van der Waals surface area contributed by atoms with Gasteiger partial charge >= 0.3 is 0 Å². The summed E-state index contributed by atoms with van der Waals surface area (Å²) in [4.78, 5) is 30.4. The summed E-state index contributed by atoms with van der Waals surface area (Å²) in [6, 6.07) is 3.99. The van der Waals surface area contributed by atoms with Crippen LogP contribution in [0.5, 0.6) is 0 Å². The number of fused-ring (bicyclic) bond motifs is 1. The lowest BCUT2D eigenvalue weighted by Crippen LogP contribution is -2.47. The molecule has 124 valence electrons. The van der Waals surface area contributed by atoms with Crippen LogP contribution in [0.3, 0.4) is 0 Å². The molecule has 0 N–H and O–H groups in total. The average molecular weight is 332 g/mol. The molecule has 0 spiro atoms. The van der Waals surface area contributed by atoms with E-state index in [0.717, 1.165) is 29.8 Å². The summed E-state index contributed by atoms with van der Waals surface area (Å²) in [7, 11) is 1.85. The zero-order valence-corrected chi connectivity index (χ0v) is 14.4. The quantitative estimate of drug-likeness (QED) is 0.835. The number of rotatable bonds is 2. The van der Waals surface area contributed by atoms with Crippen molar-refractivity contribution in [1.82, 2.24) is 9.80 Å². The first-order valence-corrected chi connectivity index (χ1v) is 9.61. The van der Waals surface area contributed by atoms with Crippen molar-refractivity contribution in [3.8, 4) is 0 Å². The Labute approximate surface area is 141 Å². The van der Waals surface area contributed by atoms with Crippen molar-refractivity contribution in [2.45, 2.75) is 38.1 Å². The molecule has 1 aromatic rings. The van der Waals surface area contributed by atoms with E-state index in [4.69, 9.17) is 0 Å². The molecule has 5 heteroatoms. The van der Waals surface area contributed by atoms with Gasteiger partial charge in [-0.1, -0.05) is 12.5 Å². The summed E-state index contributed by atoms with van der Waals surface area (Å²) in [6.45, 7) is 1.88. The Morgan fingerprint density at radius 2 is 1.96 bits per heavy atom. The second-order valence-electron chi connectivity index (χ2n) is 7.30. The molecule has 0 unspecified atom stereocenters. The zero-order valence-electron chi connectivity index (χ0n) is 13.6. The molecule has 3 fully saturated rings. The van der Waals surface area contributed by atoms with Crippen LogP contribution >= 0.6 is 11.3 Å². The van der Waals surface area contributed by atoms with Gasteiger partial charge in [-0.3, -0.25) is 9.59 Å². The number of amides is 2. The van der Waals surface area contributed by atoms with Crippen LogP contribution in [0, 0.1) is 17.8 Å². The van der Waals surface area contributed by atoms with E-state index in [9.17, 15) is 9.59 Å². The van der Waals surface area contributed by atoms with Crippen LogP contribution in [0.25, 0.3) is 0 Å². The summed E-state index contributed by atoms with van der Waals surface area (Å²) in [5.41, 5.74) is 0. The number of hydrogen-bond acceptors (Lipinski definition) is 3. The molecular weight excluding hydrogens is 308 g/mol. The van der Waals surface area contributed by atoms with Crippen LogP contribution in [0.1, 0.15) is 43.0 Å². The first-order valence-electron chi connectivity index (χ1n) is 8.73. The molecular formula is C18H24N2O2S. The van der Waals surface area contributed by atoms with Crippen molar-refractivity contribution >= 4 is 23.2 Å². The van der Waals surface area contributed by atoms with E-state index in [1.165, 1.54) is 19.3 Å². The predicted molar refractivity (Wildman–Crippen MR) is 90.0 cm³/mol. The largest absolute Gasteiger partial charge is 0.342 e. The highest BCUT2D eigenvalue weighted by Crippen LogP contribution is 2.42. The Morgan fingerprint density at radius 1 is 1.22 bits per heavy atom. The van der Waals surface area contributed by atoms with E-state index in [1.54, 1.807) is 16.2 Å². The zero-order chi connectivity index (χ0) is 16.0. The topological polar surface area (TPSA) is 40.6 Å². The summed E-state index contributed by atoms with van der Waals surface area (Å²) in [5.74, 6) is 1.81. The maximum atomic E-state index is 13.2. The Kier molecular flexibility index (Phi) is 3.92. The molecule has 23 heavy (non-hydrogen) atoms. The molecule has 4 nitrogen and oxygen atoms in total. The van der Waals surface area contributed by atoms with Crippen molar-refractivity contribution in [3.05, 3.63) is 22.4 Å². The lowest BCUT2D eigenvalue weighted by molar-refractivity contribution is -0.146. The van der Waals surface area contributed by atoms with Gasteiger partial charge in [-0.25, -0.2) is 0 Å². The van der Waals surface area contributed by atoms with Gasteiger partial charge in [0.05, 0.1) is 12.0 Å². The third-order valence-electron chi connectivity index (χ3n) is 6.05. The minimum absolute atomic E-state index is 0.0739. The van der Waals surface area contributed by atoms with Gasteiger partial charge in [0, 0.05) is 31.4 Å². The molecule has 1 aromatic heterocycles. The molecule has 1 saturated carbocycles. The molecule has 4 rings (SSSR count). The fourth-order valence-corrected chi connectivity index (χ4v) is 5.73. The lowest BCUT2D eigenvalue weighted by Gasteiger charge is -2.39. The summed E-state index contributed by atoms with van der Waals surface area (Å²) >= 11 is 1.65. The molecule has 3 aliphatic rings. The van der Waals surface area contributed by atoms with E-state index >= 15 is 0 Å². The van der Waals surface area contributed by atoms with E-state index in [-0.39, 0.29) is 23.8 Å². The first kappa shape index (κ1) is 15.2. The van der Waals surface area contributed by atoms with E-state index < -0.39 is 0 Å². The Hall–Kier alpha value is -1.36. The SMILES string of the molecule is CN1C(=O)CC[C@H](C(=O)N2C[C@H]3CCC[C@H]3C2)[C@H]1c1cccs1. The minimum atomic E-state index is -0.0795. The van der Waals surface area contributed by atoms with Gasteiger partial charge < -0.3 is 9.80 Å². The Morgan fingerprint density at radius 3 is 2.61 bits per heavy atom. The second kappa shape index (κ2) is 5.93. The van der Waals surface area contributed by atoms with Crippen molar-refractivity contribution in [2.24, 2.45) is 17.8 Å². The molecule has 2 aliphatic heterocycles. The van der Waals surface area contributed by atoms with Gasteiger partial charge in [-0.15, -0.1) is 11.3 Å².